The molecule has 0 saturated carbocycles. The molecule has 0 aliphatic heterocycles. The summed E-state index contributed by atoms with van der Waals surface area (Å²) in [5, 5.41) is 0. The van der Waals surface area contributed by atoms with E-state index < -0.39 is 0 Å². The van der Waals surface area contributed by atoms with Crippen LogP contribution in [0.1, 0.15) is 40.5 Å². The van der Waals surface area contributed by atoms with Crippen molar-refractivity contribution in [1.82, 2.24) is 16.4 Å². The zero-order chi connectivity index (χ0) is 11.7. The second-order valence-corrected chi connectivity index (χ2v) is 4.68. The molecule has 0 aromatic rings. The molecule has 0 saturated heterocycles. The van der Waals surface area contributed by atoms with Gasteiger partial charge >= 0.3 is 0 Å². The fourth-order valence-electron chi connectivity index (χ4n) is 1.38. The van der Waals surface area contributed by atoms with E-state index in [1.165, 1.54) is 6.42 Å². The number of hydrogen-bond donors (Lipinski definition) is 3. The van der Waals surface area contributed by atoms with Gasteiger partial charge < -0.3 is 0 Å². The highest BCUT2D eigenvalue weighted by Crippen LogP contribution is 2.15. The molecule has 1 unspecified atom stereocenters. The quantitative estimate of drug-likeness (QED) is 0.312. The average molecular weight is 213 g/mol. The lowest BCUT2D eigenvalue weighted by Crippen LogP contribution is -2.48. The van der Waals surface area contributed by atoms with Crippen LogP contribution in [0.15, 0.2) is 12.7 Å². The summed E-state index contributed by atoms with van der Waals surface area (Å²) in [6, 6.07) is 0.447. The van der Waals surface area contributed by atoms with Gasteiger partial charge in [-0.05, 0) is 38.5 Å². The molecule has 0 amide bonds. The summed E-state index contributed by atoms with van der Waals surface area (Å²) in [4.78, 5) is 0. The fourth-order valence-corrected chi connectivity index (χ4v) is 1.38. The monoisotopic (exact) mass is 213 g/mol. The summed E-state index contributed by atoms with van der Waals surface area (Å²) < 4.78 is 0. The van der Waals surface area contributed by atoms with Crippen LogP contribution in [0.5, 0.6) is 0 Å². The lowest BCUT2D eigenvalue weighted by molar-refractivity contribution is 0.298. The largest absolute Gasteiger partial charge is 0.244 e. The van der Waals surface area contributed by atoms with Gasteiger partial charge in [-0.1, -0.05) is 19.9 Å². The Morgan fingerprint density at radius 1 is 1.20 bits per heavy atom. The van der Waals surface area contributed by atoms with Gasteiger partial charge in [0.15, 0.2) is 0 Å². The van der Waals surface area contributed by atoms with E-state index in [0.29, 0.717) is 17.9 Å². The van der Waals surface area contributed by atoms with Crippen molar-refractivity contribution in [3.05, 3.63) is 12.7 Å². The number of nitrogens with one attached hydrogen (secondary N) is 3. The Balaban J connectivity index is 3.61. The summed E-state index contributed by atoms with van der Waals surface area (Å²) in [5.41, 5.74) is 9.35. The van der Waals surface area contributed by atoms with Crippen LogP contribution < -0.4 is 16.4 Å². The number of allylic oxidation sites excluding steroid dienone is 1. The molecule has 0 radical (unpaired) electrons. The van der Waals surface area contributed by atoms with Gasteiger partial charge in [0, 0.05) is 12.6 Å². The Kier molecular flexibility index (Phi) is 8.67. The number of rotatable bonds is 9. The van der Waals surface area contributed by atoms with Crippen LogP contribution in [0.2, 0.25) is 0 Å². The molecule has 0 fully saturated rings. The molecular weight excluding hydrogens is 186 g/mol. The van der Waals surface area contributed by atoms with E-state index in [1.54, 1.807) is 0 Å². The van der Waals surface area contributed by atoms with Crippen LogP contribution in [-0.4, -0.2) is 12.6 Å². The molecule has 0 aromatic carbocycles. The van der Waals surface area contributed by atoms with Crippen LogP contribution in [0.3, 0.4) is 0 Å². The predicted molar refractivity (Wildman–Crippen MR) is 67.2 cm³/mol. The van der Waals surface area contributed by atoms with Crippen LogP contribution in [-0.2, 0) is 0 Å². The average Bonchev–Trinajstić information content (AvgIpc) is 2.15. The third kappa shape index (κ3) is 8.60. The van der Waals surface area contributed by atoms with E-state index in [0.717, 1.165) is 13.0 Å². The van der Waals surface area contributed by atoms with Gasteiger partial charge in [0.25, 0.3) is 0 Å². The molecule has 3 N–H and O–H groups in total. The van der Waals surface area contributed by atoms with Crippen molar-refractivity contribution in [3.63, 3.8) is 0 Å². The Morgan fingerprint density at radius 3 is 2.33 bits per heavy atom. The van der Waals surface area contributed by atoms with Gasteiger partial charge in [-0.2, -0.15) is 5.53 Å². The topological polar surface area (TPSA) is 36.1 Å². The van der Waals surface area contributed by atoms with E-state index in [2.05, 4.69) is 50.7 Å². The van der Waals surface area contributed by atoms with Gasteiger partial charge in [-0.15, -0.1) is 6.58 Å². The first kappa shape index (κ1) is 14.6. The van der Waals surface area contributed by atoms with E-state index in [4.69, 9.17) is 0 Å². The SMILES string of the molecule is C=CCCC(CNNNC(C)C)C(C)C. The third-order valence-electron chi connectivity index (χ3n) is 2.50. The molecular formula is C12H27N3. The molecule has 15 heavy (non-hydrogen) atoms. The maximum atomic E-state index is 3.76. The molecule has 3 heteroatoms. The molecule has 3 nitrogen and oxygen atoms in total. The van der Waals surface area contributed by atoms with Gasteiger partial charge in [-0.3, -0.25) is 0 Å². The van der Waals surface area contributed by atoms with Crippen molar-refractivity contribution in [2.45, 2.75) is 46.6 Å². The van der Waals surface area contributed by atoms with Gasteiger partial charge in [0.2, 0.25) is 0 Å². The second-order valence-electron chi connectivity index (χ2n) is 4.68. The van der Waals surface area contributed by atoms with Crippen molar-refractivity contribution in [2.24, 2.45) is 11.8 Å². The standard InChI is InChI=1S/C12H27N3/c1-6-7-8-12(10(2)3)9-13-15-14-11(4)5/h6,10-15H,1,7-9H2,2-5H3. The first-order valence-electron chi connectivity index (χ1n) is 5.92. The molecule has 0 spiro atoms. The van der Waals surface area contributed by atoms with Gasteiger partial charge in [0.1, 0.15) is 0 Å². The van der Waals surface area contributed by atoms with Crippen molar-refractivity contribution >= 4 is 0 Å². The van der Waals surface area contributed by atoms with Crippen LogP contribution >= 0.6 is 0 Å². The van der Waals surface area contributed by atoms with E-state index in [1.807, 2.05) is 6.08 Å². The molecule has 0 heterocycles. The maximum absolute atomic E-state index is 3.76. The summed E-state index contributed by atoms with van der Waals surface area (Å²) in [5.74, 6) is 1.41. The normalized spacial score (nSPS) is 13.5. The number of hydrazine groups is 2. The Hall–Kier alpha value is -0.380. The Morgan fingerprint density at radius 2 is 1.87 bits per heavy atom. The van der Waals surface area contributed by atoms with Gasteiger partial charge in [0.05, 0.1) is 0 Å². The van der Waals surface area contributed by atoms with Crippen molar-refractivity contribution < 1.29 is 0 Å². The van der Waals surface area contributed by atoms with Crippen LogP contribution in [0, 0.1) is 11.8 Å². The zero-order valence-electron chi connectivity index (χ0n) is 10.6. The predicted octanol–water partition coefficient (Wildman–Crippen LogP) is 2.23. The molecule has 0 aliphatic rings. The minimum absolute atomic E-state index is 0.447. The first-order chi connectivity index (χ1) is 7.07. The molecule has 0 bridgehead atoms. The Bertz CT molecular complexity index is 155. The van der Waals surface area contributed by atoms with Crippen LogP contribution in [0.25, 0.3) is 0 Å². The molecule has 90 valence electrons. The van der Waals surface area contributed by atoms with Crippen molar-refractivity contribution in [3.8, 4) is 0 Å². The highest BCUT2D eigenvalue weighted by atomic mass is 15.6. The van der Waals surface area contributed by atoms with E-state index >= 15 is 0 Å². The summed E-state index contributed by atoms with van der Waals surface area (Å²) in [6.07, 6.45) is 4.30. The van der Waals surface area contributed by atoms with Gasteiger partial charge in [-0.25, -0.2) is 10.9 Å². The smallest absolute Gasteiger partial charge is 0.0169 e. The molecule has 0 aromatic heterocycles. The molecule has 0 rings (SSSR count). The Labute approximate surface area is 94.7 Å². The third-order valence-corrected chi connectivity index (χ3v) is 2.50. The minimum Gasteiger partial charge on any atom is -0.244 e. The fraction of sp³-hybridized carbons (Fsp3) is 0.833. The zero-order valence-corrected chi connectivity index (χ0v) is 10.6. The maximum Gasteiger partial charge on any atom is 0.0169 e. The first-order valence-corrected chi connectivity index (χ1v) is 5.92. The number of hydrogen-bond acceptors (Lipinski definition) is 3. The van der Waals surface area contributed by atoms with Crippen molar-refractivity contribution in [1.29, 1.82) is 0 Å². The van der Waals surface area contributed by atoms with Crippen LogP contribution in [0.4, 0.5) is 0 Å². The molecule has 1 atom stereocenters. The minimum atomic E-state index is 0.447. The highest BCUT2D eigenvalue weighted by molar-refractivity contribution is 4.72. The van der Waals surface area contributed by atoms with Crippen molar-refractivity contribution in [2.75, 3.05) is 6.54 Å². The highest BCUT2D eigenvalue weighted by Gasteiger charge is 2.11. The summed E-state index contributed by atoms with van der Waals surface area (Å²) >= 11 is 0. The van der Waals surface area contributed by atoms with E-state index in [-0.39, 0.29) is 0 Å². The summed E-state index contributed by atoms with van der Waals surface area (Å²) in [7, 11) is 0. The molecule has 0 aliphatic carbocycles. The lowest BCUT2D eigenvalue weighted by atomic mass is 9.91. The summed E-state index contributed by atoms with van der Waals surface area (Å²) in [6.45, 7) is 13.5. The second kappa shape index (κ2) is 8.89. The lowest BCUT2D eigenvalue weighted by Gasteiger charge is -2.21. The van der Waals surface area contributed by atoms with E-state index in [9.17, 15) is 0 Å².